The molecule has 1 aliphatic heterocycles. The third-order valence-corrected chi connectivity index (χ3v) is 5.83. The summed E-state index contributed by atoms with van der Waals surface area (Å²) >= 11 is 6.12. The fraction of sp³-hybridized carbons (Fsp3) is 0.579. The summed E-state index contributed by atoms with van der Waals surface area (Å²) in [5, 5.41) is 9.33. The molecule has 2 fully saturated rings. The highest BCUT2D eigenvalue weighted by Gasteiger charge is 2.47. The highest BCUT2D eigenvalue weighted by Crippen LogP contribution is 2.51. The van der Waals surface area contributed by atoms with E-state index in [9.17, 15) is 14.0 Å². The molecule has 1 N–H and O–H groups in total. The maximum Gasteiger partial charge on any atom is 0.317 e. The van der Waals surface area contributed by atoms with Crippen molar-refractivity contribution >= 4 is 23.5 Å². The molecule has 1 aliphatic carbocycles. The summed E-state index contributed by atoms with van der Waals surface area (Å²) < 4.78 is 14.1. The summed E-state index contributed by atoms with van der Waals surface area (Å²) in [5.74, 6) is -1.45. The van der Waals surface area contributed by atoms with Crippen molar-refractivity contribution in [2.45, 2.75) is 37.6 Å². The van der Waals surface area contributed by atoms with Gasteiger partial charge in [0.15, 0.2) is 0 Å². The topological polar surface area (TPSA) is 60.9 Å². The number of aliphatic carboxylic acids is 1. The Labute approximate surface area is 157 Å². The minimum atomic E-state index is -0.840. The van der Waals surface area contributed by atoms with Crippen molar-refractivity contribution in [3.05, 3.63) is 34.6 Å². The van der Waals surface area contributed by atoms with Gasteiger partial charge in [-0.15, -0.1) is 0 Å². The molecule has 0 bridgehead atoms. The Morgan fingerprint density at radius 2 is 2.12 bits per heavy atom. The van der Waals surface area contributed by atoms with Crippen LogP contribution in [0.5, 0.6) is 0 Å². The molecular weight excluding hydrogens is 359 g/mol. The Morgan fingerprint density at radius 1 is 1.35 bits per heavy atom. The van der Waals surface area contributed by atoms with E-state index in [1.165, 1.54) is 6.07 Å². The van der Waals surface area contributed by atoms with E-state index in [2.05, 4.69) is 0 Å². The van der Waals surface area contributed by atoms with Gasteiger partial charge in [-0.05, 0) is 44.9 Å². The highest BCUT2D eigenvalue weighted by molar-refractivity contribution is 6.31. The van der Waals surface area contributed by atoms with Crippen LogP contribution in [0.4, 0.5) is 4.39 Å². The summed E-state index contributed by atoms with van der Waals surface area (Å²) in [5.41, 5.74) is 0.460. The molecule has 7 heteroatoms. The van der Waals surface area contributed by atoms with Crippen molar-refractivity contribution in [2.75, 3.05) is 26.7 Å². The van der Waals surface area contributed by atoms with E-state index in [1.807, 2.05) is 16.8 Å². The number of likely N-dealkylation sites (N-methyl/N-ethyl adjacent to an activating group) is 1. The number of halogens is 2. The van der Waals surface area contributed by atoms with Gasteiger partial charge in [-0.1, -0.05) is 17.7 Å². The second-order valence-corrected chi connectivity index (χ2v) is 7.71. The van der Waals surface area contributed by atoms with Gasteiger partial charge in [0.2, 0.25) is 5.91 Å². The van der Waals surface area contributed by atoms with Crippen LogP contribution in [0.1, 0.15) is 37.2 Å². The predicted octanol–water partition coefficient (Wildman–Crippen LogP) is 2.98. The molecule has 0 spiro atoms. The fourth-order valence-electron chi connectivity index (χ4n) is 3.97. The lowest BCUT2D eigenvalue weighted by Crippen LogP contribution is -2.37. The van der Waals surface area contributed by atoms with Crippen LogP contribution in [0.2, 0.25) is 5.02 Å². The standard InChI is InChI=1S/C19H24ClFN2O3/c1-22(11-17(24)25)12-4-3-8-23(9-7-12)19(26)14-10-13(14)18-15(20)5-2-6-16(18)21/h2,5-6,12-14H,3-4,7-11H2,1H3,(H,24,25)/t12-,13-,14+/m1/s1. The van der Waals surface area contributed by atoms with Gasteiger partial charge in [0.25, 0.3) is 0 Å². The Morgan fingerprint density at radius 3 is 2.81 bits per heavy atom. The zero-order valence-electron chi connectivity index (χ0n) is 14.8. The largest absolute Gasteiger partial charge is 0.480 e. The minimum Gasteiger partial charge on any atom is -0.480 e. The first-order valence-electron chi connectivity index (χ1n) is 9.03. The normalized spacial score (nSPS) is 25.8. The average Bonchev–Trinajstić information content (AvgIpc) is 3.36. The molecule has 1 saturated carbocycles. The van der Waals surface area contributed by atoms with Gasteiger partial charge in [-0.2, -0.15) is 0 Å². The van der Waals surface area contributed by atoms with Crippen LogP contribution < -0.4 is 0 Å². The van der Waals surface area contributed by atoms with Crippen molar-refractivity contribution in [1.82, 2.24) is 9.80 Å². The fourth-order valence-corrected chi connectivity index (χ4v) is 4.27. The molecular formula is C19H24ClFN2O3. The molecule has 5 nitrogen and oxygen atoms in total. The van der Waals surface area contributed by atoms with E-state index < -0.39 is 5.97 Å². The van der Waals surface area contributed by atoms with Crippen LogP contribution >= 0.6 is 11.6 Å². The molecule has 0 radical (unpaired) electrons. The number of carboxylic acid groups (broad SMARTS) is 1. The van der Waals surface area contributed by atoms with Crippen LogP contribution in [0, 0.1) is 11.7 Å². The molecule has 26 heavy (non-hydrogen) atoms. The first-order valence-corrected chi connectivity index (χ1v) is 9.41. The highest BCUT2D eigenvalue weighted by atomic mass is 35.5. The monoisotopic (exact) mass is 382 g/mol. The van der Waals surface area contributed by atoms with E-state index in [0.717, 1.165) is 19.3 Å². The minimum absolute atomic E-state index is 0.00902. The van der Waals surface area contributed by atoms with Crippen molar-refractivity contribution in [2.24, 2.45) is 5.92 Å². The summed E-state index contributed by atoms with van der Waals surface area (Å²) in [4.78, 5) is 27.4. The Balaban J connectivity index is 1.59. The second-order valence-electron chi connectivity index (χ2n) is 7.30. The maximum atomic E-state index is 14.1. The van der Waals surface area contributed by atoms with Crippen molar-refractivity contribution in [1.29, 1.82) is 0 Å². The van der Waals surface area contributed by atoms with Gasteiger partial charge in [0, 0.05) is 41.6 Å². The SMILES string of the molecule is CN(CC(=O)O)[C@@H]1CCCN(C(=O)[C@H]2C[C@H]2c2c(F)cccc2Cl)CC1. The molecule has 0 unspecified atom stereocenters. The number of carbonyl (C=O) groups is 2. The molecule has 1 saturated heterocycles. The third-order valence-electron chi connectivity index (χ3n) is 5.50. The first kappa shape index (κ1) is 19.1. The number of hydrogen-bond donors (Lipinski definition) is 1. The molecule has 3 atom stereocenters. The molecule has 3 rings (SSSR count). The van der Waals surface area contributed by atoms with E-state index in [1.54, 1.807) is 12.1 Å². The smallest absolute Gasteiger partial charge is 0.317 e. The second kappa shape index (κ2) is 7.92. The number of amides is 1. The Hall–Kier alpha value is -1.66. The number of benzene rings is 1. The van der Waals surface area contributed by atoms with E-state index in [-0.39, 0.29) is 36.1 Å². The zero-order valence-corrected chi connectivity index (χ0v) is 15.6. The predicted molar refractivity (Wildman–Crippen MR) is 96.7 cm³/mol. The molecule has 1 heterocycles. The number of carbonyl (C=O) groups excluding carboxylic acids is 1. The number of rotatable bonds is 5. The summed E-state index contributed by atoms with van der Waals surface area (Å²) in [6, 6.07) is 4.79. The van der Waals surface area contributed by atoms with Crippen molar-refractivity contribution < 1.29 is 19.1 Å². The number of nitrogens with zero attached hydrogens (tertiary/aromatic N) is 2. The number of carboxylic acids is 1. The van der Waals surface area contributed by atoms with Crippen LogP contribution in [0.25, 0.3) is 0 Å². The molecule has 1 amide bonds. The van der Waals surface area contributed by atoms with E-state index in [4.69, 9.17) is 16.7 Å². The lowest BCUT2D eigenvalue weighted by Gasteiger charge is -2.25. The number of hydrogen-bond acceptors (Lipinski definition) is 3. The van der Waals surface area contributed by atoms with Gasteiger partial charge < -0.3 is 10.0 Å². The molecule has 2 aliphatic rings. The Bertz CT molecular complexity index is 679. The Kier molecular flexibility index (Phi) is 5.82. The zero-order chi connectivity index (χ0) is 18.8. The quantitative estimate of drug-likeness (QED) is 0.850. The third kappa shape index (κ3) is 4.18. The van der Waals surface area contributed by atoms with E-state index in [0.29, 0.717) is 30.1 Å². The molecule has 1 aromatic carbocycles. The molecule has 0 aromatic heterocycles. The lowest BCUT2D eigenvalue weighted by atomic mass is 10.1. The summed E-state index contributed by atoms with van der Waals surface area (Å²) in [6.45, 7) is 1.29. The van der Waals surface area contributed by atoms with Gasteiger partial charge in [-0.25, -0.2) is 4.39 Å². The van der Waals surface area contributed by atoms with Gasteiger partial charge in [-0.3, -0.25) is 14.5 Å². The van der Waals surface area contributed by atoms with Crippen molar-refractivity contribution in [3.8, 4) is 0 Å². The van der Waals surface area contributed by atoms with Crippen LogP contribution in [0.3, 0.4) is 0 Å². The van der Waals surface area contributed by atoms with Crippen LogP contribution in [-0.4, -0.2) is 59.5 Å². The lowest BCUT2D eigenvalue weighted by molar-refractivity contribution is -0.138. The summed E-state index contributed by atoms with van der Waals surface area (Å²) in [7, 11) is 1.81. The van der Waals surface area contributed by atoms with E-state index >= 15 is 0 Å². The molecule has 1 aromatic rings. The van der Waals surface area contributed by atoms with Crippen molar-refractivity contribution in [3.63, 3.8) is 0 Å². The van der Waals surface area contributed by atoms with Crippen LogP contribution in [-0.2, 0) is 9.59 Å². The number of likely N-dealkylation sites (tertiary alicyclic amines) is 1. The van der Waals surface area contributed by atoms with Gasteiger partial charge >= 0.3 is 5.97 Å². The first-order chi connectivity index (χ1) is 12.4. The summed E-state index contributed by atoms with van der Waals surface area (Å²) in [6.07, 6.45) is 3.12. The van der Waals surface area contributed by atoms with Gasteiger partial charge in [0.05, 0.1) is 6.54 Å². The molecule has 142 valence electrons. The van der Waals surface area contributed by atoms with Gasteiger partial charge in [0.1, 0.15) is 5.82 Å². The average molecular weight is 383 g/mol. The maximum absolute atomic E-state index is 14.1. The van der Waals surface area contributed by atoms with Crippen LogP contribution in [0.15, 0.2) is 18.2 Å².